The van der Waals surface area contributed by atoms with Crippen molar-refractivity contribution in [3.63, 3.8) is 0 Å². The number of nitrogens with zero attached hydrogens (tertiary/aromatic N) is 2. The van der Waals surface area contributed by atoms with Gasteiger partial charge in [-0.15, -0.1) is 0 Å². The van der Waals surface area contributed by atoms with Gasteiger partial charge in [0.15, 0.2) is 5.69 Å². The van der Waals surface area contributed by atoms with Crippen molar-refractivity contribution >= 4 is 5.91 Å². The van der Waals surface area contributed by atoms with Crippen molar-refractivity contribution in [2.75, 3.05) is 20.2 Å². The Kier molecular flexibility index (Phi) is 3.43. The lowest BCUT2D eigenvalue weighted by molar-refractivity contribution is 0.0727. The second-order valence-electron chi connectivity index (χ2n) is 5.35. The van der Waals surface area contributed by atoms with Crippen LogP contribution in [0.4, 0.5) is 0 Å². The van der Waals surface area contributed by atoms with Gasteiger partial charge in [-0.05, 0) is 26.2 Å². The third-order valence-corrected chi connectivity index (χ3v) is 3.88. The minimum absolute atomic E-state index is 0.0534. The average molecular weight is 251 g/mol. The summed E-state index contributed by atoms with van der Waals surface area (Å²) >= 11 is 0. The predicted octanol–water partition coefficient (Wildman–Crippen LogP) is 1.13. The van der Waals surface area contributed by atoms with Crippen LogP contribution in [0, 0.1) is 12.3 Å². The van der Waals surface area contributed by atoms with Gasteiger partial charge in [0.2, 0.25) is 0 Å². The smallest absolute Gasteiger partial charge is 0.274 e. The van der Waals surface area contributed by atoms with Gasteiger partial charge in [0.25, 0.3) is 5.91 Å². The Labute approximate surface area is 107 Å². The number of carbonyl (C=O) groups is 1. The number of aliphatic hydroxyl groups excluding tert-OH is 1. The zero-order valence-electron chi connectivity index (χ0n) is 11.3. The van der Waals surface area contributed by atoms with E-state index in [4.69, 9.17) is 0 Å². The maximum atomic E-state index is 12.3. The summed E-state index contributed by atoms with van der Waals surface area (Å²) in [4.78, 5) is 14.0. The summed E-state index contributed by atoms with van der Waals surface area (Å²) in [7, 11) is 1.78. The van der Waals surface area contributed by atoms with Gasteiger partial charge in [-0.3, -0.25) is 9.89 Å². The molecule has 1 saturated carbocycles. The maximum Gasteiger partial charge on any atom is 0.274 e. The van der Waals surface area contributed by atoms with Crippen molar-refractivity contribution < 1.29 is 9.90 Å². The zero-order chi connectivity index (χ0) is 13.3. The summed E-state index contributed by atoms with van der Waals surface area (Å²) in [5.74, 6) is -0.0665. The standard InChI is InChI=1S/C13H21N3O2/c1-4-10-9(2)11(15-14-10)12(18)16(3)7-13(8-17)5-6-13/h17H,4-8H2,1-3H3,(H,14,15). The van der Waals surface area contributed by atoms with Crippen molar-refractivity contribution in [3.05, 3.63) is 17.0 Å². The molecular weight excluding hydrogens is 230 g/mol. The molecule has 5 nitrogen and oxygen atoms in total. The number of nitrogens with one attached hydrogen (secondary N) is 1. The van der Waals surface area contributed by atoms with E-state index in [1.54, 1.807) is 11.9 Å². The third-order valence-electron chi connectivity index (χ3n) is 3.88. The Hall–Kier alpha value is -1.36. The molecule has 0 bridgehead atoms. The molecule has 5 heteroatoms. The van der Waals surface area contributed by atoms with Crippen LogP contribution in [0.25, 0.3) is 0 Å². The molecule has 1 fully saturated rings. The van der Waals surface area contributed by atoms with E-state index >= 15 is 0 Å². The number of aromatic nitrogens is 2. The second-order valence-corrected chi connectivity index (χ2v) is 5.35. The molecule has 0 spiro atoms. The molecule has 1 aliphatic carbocycles. The van der Waals surface area contributed by atoms with Crippen LogP contribution >= 0.6 is 0 Å². The van der Waals surface area contributed by atoms with Gasteiger partial charge >= 0.3 is 0 Å². The highest BCUT2D eigenvalue weighted by Gasteiger charge is 2.43. The van der Waals surface area contributed by atoms with Crippen molar-refractivity contribution in [2.45, 2.75) is 33.1 Å². The summed E-state index contributed by atoms with van der Waals surface area (Å²) < 4.78 is 0. The van der Waals surface area contributed by atoms with Crippen molar-refractivity contribution in [1.82, 2.24) is 15.1 Å². The molecule has 0 radical (unpaired) electrons. The molecule has 2 N–H and O–H groups in total. The van der Waals surface area contributed by atoms with Crippen LogP contribution in [0.1, 0.15) is 41.5 Å². The van der Waals surface area contributed by atoms with Crippen LogP contribution in [-0.2, 0) is 6.42 Å². The number of aliphatic hydroxyl groups is 1. The van der Waals surface area contributed by atoms with E-state index in [1.807, 2.05) is 13.8 Å². The highest BCUT2D eigenvalue weighted by atomic mass is 16.3. The number of rotatable bonds is 5. The first-order chi connectivity index (χ1) is 8.53. The van der Waals surface area contributed by atoms with Gasteiger partial charge in [0, 0.05) is 30.3 Å². The highest BCUT2D eigenvalue weighted by Crippen LogP contribution is 2.45. The fourth-order valence-corrected chi connectivity index (χ4v) is 2.29. The van der Waals surface area contributed by atoms with Crippen molar-refractivity contribution in [2.24, 2.45) is 5.41 Å². The van der Waals surface area contributed by atoms with Crippen molar-refractivity contribution in [1.29, 1.82) is 0 Å². The first kappa shape index (κ1) is 13.1. The van der Waals surface area contributed by atoms with Gasteiger partial charge in [-0.25, -0.2) is 0 Å². The number of hydrogen-bond acceptors (Lipinski definition) is 3. The number of amides is 1. The van der Waals surface area contributed by atoms with E-state index < -0.39 is 0 Å². The van der Waals surface area contributed by atoms with E-state index in [2.05, 4.69) is 10.2 Å². The molecule has 1 heterocycles. The summed E-state index contributed by atoms with van der Waals surface area (Å²) in [5.41, 5.74) is 2.39. The van der Waals surface area contributed by atoms with Gasteiger partial charge in [0.05, 0.1) is 6.61 Å². The van der Waals surface area contributed by atoms with Crippen LogP contribution in [0.2, 0.25) is 0 Å². The Morgan fingerprint density at radius 2 is 2.22 bits per heavy atom. The SMILES string of the molecule is CCc1[nH]nc(C(=O)N(C)CC2(CO)CC2)c1C. The van der Waals surface area contributed by atoms with Gasteiger partial charge in [0.1, 0.15) is 0 Å². The van der Waals surface area contributed by atoms with E-state index in [0.717, 1.165) is 30.5 Å². The van der Waals surface area contributed by atoms with Gasteiger partial charge < -0.3 is 10.0 Å². The Morgan fingerprint density at radius 3 is 2.67 bits per heavy atom. The quantitative estimate of drug-likeness (QED) is 0.824. The summed E-state index contributed by atoms with van der Waals surface area (Å²) in [5, 5.41) is 16.3. The molecular formula is C13H21N3O2. The van der Waals surface area contributed by atoms with Crippen LogP contribution in [0.5, 0.6) is 0 Å². The normalized spacial score (nSPS) is 16.7. The fraction of sp³-hybridized carbons (Fsp3) is 0.692. The first-order valence-corrected chi connectivity index (χ1v) is 6.43. The molecule has 0 atom stereocenters. The van der Waals surface area contributed by atoms with E-state index in [1.165, 1.54) is 0 Å². The topological polar surface area (TPSA) is 69.2 Å². The maximum absolute atomic E-state index is 12.3. The molecule has 0 unspecified atom stereocenters. The average Bonchev–Trinajstić information content (AvgIpc) is 3.04. The zero-order valence-corrected chi connectivity index (χ0v) is 11.3. The molecule has 100 valence electrons. The summed E-state index contributed by atoms with van der Waals surface area (Å²) in [6, 6.07) is 0. The second kappa shape index (κ2) is 4.72. The molecule has 18 heavy (non-hydrogen) atoms. The molecule has 1 aliphatic rings. The third kappa shape index (κ3) is 2.27. The Morgan fingerprint density at radius 1 is 1.56 bits per heavy atom. The minimum Gasteiger partial charge on any atom is -0.396 e. The molecule has 1 aromatic rings. The Balaban J connectivity index is 2.08. The van der Waals surface area contributed by atoms with E-state index in [0.29, 0.717) is 12.2 Å². The summed E-state index contributed by atoms with van der Waals surface area (Å²) in [6.07, 6.45) is 2.85. The lowest BCUT2D eigenvalue weighted by Crippen LogP contribution is -2.34. The van der Waals surface area contributed by atoms with E-state index in [-0.39, 0.29) is 17.9 Å². The molecule has 0 saturated heterocycles. The molecule has 1 aromatic heterocycles. The van der Waals surface area contributed by atoms with Gasteiger partial charge in [-0.1, -0.05) is 6.92 Å². The van der Waals surface area contributed by atoms with Crippen LogP contribution < -0.4 is 0 Å². The lowest BCUT2D eigenvalue weighted by atomic mass is 10.1. The number of aryl methyl sites for hydroxylation is 1. The molecule has 0 aliphatic heterocycles. The molecule has 1 amide bonds. The fourth-order valence-electron chi connectivity index (χ4n) is 2.29. The number of hydrogen-bond donors (Lipinski definition) is 2. The monoisotopic (exact) mass is 251 g/mol. The number of H-pyrrole nitrogens is 1. The number of carbonyl (C=O) groups excluding carboxylic acids is 1. The highest BCUT2D eigenvalue weighted by molar-refractivity contribution is 5.93. The first-order valence-electron chi connectivity index (χ1n) is 6.43. The molecule has 0 aromatic carbocycles. The largest absolute Gasteiger partial charge is 0.396 e. The Bertz CT molecular complexity index is 449. The molecule has 2 rings (SSSR count). The minimum atomic E-state index is -0.0665. The predicted molar refractivity (Wildman–Crippen MR) is 68.4 cm³/mol. The van der Waals surface area contributed by atoms with E-state index in [9.17, 15) is 9.90 Å². The van der Waals surface area contributed by atoms with Gasteiger partial charge in [-0.2, -0.15) is 5.10 Å². The lowest BCUT2D eigenvalue weighted by Gasteiger charge is -2.21. The number of aromatic amines is 1. The summed E-state index contributed by atoms with van der Waals surface area (Å²) in [6.45, 7) is 4.71. The van der Waals surface area contributed by atoms with Crippen molar-refractivity contribution in [3.8, 4) is 0 Å². The van der Waals surface area contributed by atoms with Crippen LogP contribution in [-0.4, -0.2) is 46.3 Å². The van der Waals surface area contributed by atoms with Crippen LogP contribution in [0.3, 0.4) is 0 Å². The van der Waals surface area contributed by atoms with Crippen LogP contribution in [0.15, 0.2) is 0 Å².